The lowest BCUT2D eigenvalue weighted by Crippen LogP contribution is -2.34. The van der Waals surface area contributed by atoms with Gasteiger partial charge in [0.25, 0.3) is 5.56 Å². The minimum Gasteiger partial charge on any atom is -0.376 e. The molecule has 18 heavy (non-hydrogen) atoms. The number of nitrogens with zero attached hydrogens (tertiary/aromatic N) is 3. The predicted octanol–water partition coefficient (Wildman–Crippen LogP) is 1.09. The highest BCUT2D eigenvalue weighted by molar-refractivity contribution is 5.40. The first kappa shape index (κ1) is 14.7. The summed E-state index contributed by atoms with van der Waals surface area (Å²) < 4.78 is 1.50. The molecule has 1 N–H and O–H groups in total. The van der Waals surface area contributed by atoms with Crippen LogP contribution in [0.15, 0.2) is 17.1 Å². The van der Waals surface area contributed by atoms with Crippen molar-refractivity contribution in [3.05, 3.63) is 22.6 Å². The summed E-state index contributed by atoms with van der Waals surface area (Å²) >= 11 is 0. The van der Waals surface area contributed by atoms with Crippen LogP contribution in [0.2, 0.25) is 0 Å². The highest BCUT2D eigenvalue weighted by atomic mass is 16.1. The Morgan fingerprint density at radius 2 is 2.06 bits per heavy atom. The highest BCUT2D eigenvalue weighted by Gasteiger charge is 2.04. The van der Waals surface area contributed by atoms with E-state index in [0.717, 1.165) is 25.1 Å². The minimum atomic E-state index is -0.0486. The van der Waals surface area contributed by atoms with Crippen LogP contribution in [-0.2, 0) is 6.54 Å². The number of aromatic nitrogens is 2. The molecular weight excluding hydrogens is 228 g/mol. The molecule has 0 radical (unpaired) electrons. The monoisotopic (exact) mass is 252 g/mol. The second-order valence-corrected chi connectivity index (χ2v) is 4.64. The summed E-state index contributed by atoms with van der Waals surface area (Å²) in [5, 5.41) is 7.59. The SMILES string of the molecule is CCC(CC)NCCn1ncc(N(C)C)cc1=O. The minimum absolute atomic E-state index is 0.0486. The fourth-order valence-electron chi connectivity index (χ4n) is 1.79. The first-order chi connectivity index (χ1) is 8.58. The smallest absolute Gasteiger partial charge is 0.268 e. The molecule has 0 amide bonds. The molecule has 0 spiro atoms. The Labute approximate surface area is 109 Å². The Bertz CT molecular complexity index is 410. The van der Waals surface area contributed by atoms with Crippen LogP contribution in [0.1, 0.15) is 26.7 Å². The van der Waals surface area contributed by atoms with Crippen LogP contribution in [0.4, 0.5) is 5.69 Å². The molecule has 1 rings (SSSR count). The molecule has 1 aromatic rings. The van der Waals surface area contributed by atoms with Gasteiger partial charge in [-0.15, -0.1) is 0 Å². The van der Waals surface area contributed by atoms with E-state index < -0.39 is 0 Å². The standard InChI is InChI=1S/C13H24N4O/c1-5-11(6-2)14-7-8-17-13(18)9-12(10-15-17)16(3)4/h9-11,14H,5-8H2,1-4H3. The molecule has 5 heteroatoms. The third-order valence-corrected chi connectivity index (χ3v) is 3.11. The van der Waals surface area contributed by atoms with Gasteiger partial charge in [-0.1, -0.05) is 13.8 Å². The fourth-order valence-corrected chi connectivity index (χ4v) is 1.79. The molecular formula is C13H24N4O. The van der Waals surface area contributed by atoms with Crippen LogP contribution in [0, 0.1) is 0 Å². The Morgan fingerprint density at radius 3 is 2.56 bits per heavy atom. The van der Waals surface area contributed by atoms with Crippen molar-refractivity contribution in [2.24, 2.45) is 0 Å². The molecule has 0 aliphatic heterocycles. The molecule has 1 aromatic heterocycles. The number of nitrogens with one attached hydrogen (secondary N) is 1. The average Bonchev–Trinajstić information content (AvgIpc) is 2.36. The van der Waals surface area contributed by atoms with Gasteiger partial charge >= 0.3 is 0 Å². The van der Waals surface area contributed by atoms with E-state index in [1.165, 1.54) is 4.68 Å². The zero-order chi connectivity index (χ0) is 13.5. The van der Waals surface area contributed by atoms with Crippen molar-refractivity contribution in [2.75, 3.05) is 25.5 Å². The van der Waals surface area contributed by atoms with E-state index in [-0.39, 0.29) is 5.56 Å². The fraction of sp³-hybridized carbons (Fsp3) is 0.692. The second kappa shape index (κ2) is 7.16. The Kier molecular flexibility index (Phi) is 5.85. The molecule has 5 nitrogen and oxygen atoms in total. The quantitative estimate of drug-likeness (QED) is 0.789. The van der Waals surface area contributed by atoms with Crippen molar-refractivity contribution in [3.8, 4) is 0 Å². The second-order valence-electron chi connectivity index (χ2n) is 4.64. The van der Waals surface area contributed by atoms with Crippen LogP contribution >= 0.6 is 0 Å². The van der Waals surface area contributed by atoms with Gasteiger partial charge in [-0.25, -0.2) is 4.68 Å². The van der Waals surface area contributed by atoms with E-state index in [1.807, 2.05) is 19.0 Å². The summed E-state index contributed by atoms with van der Waals surface area (Å²) in [5.41, 5.74) is 0.789. The number of hydrogen-bond acceptors (Lipinski definition) is 4. The first-order valence-electron chi connectivity index (χ1n) is 6.56. The molecule has 0 saturated carbocycles. The summed E-state index contributed by atoms with van der Waals surface area (Å²) in [5.74, 6) is 0. The van der Waals surface area contributed by atoms with Gasteiger partial charge in [0.1, 0.15) is 0 Å². The number of rotatable bonds is 7. The maximum absolute atomic E-state index is 11.8. The van der Waals surface area contributed by atoms with E-state index in [9.17, 15) is 4.79 Å². The summed E-state index contributed by atoms with van der Waals surface area (Å²) in [7, 11) is 3.80. The van der Waals surface area contributed by atoms with Crippen molar-refractivity contribution >= 4 is 5.69 Å². The normalized spacial score (nSPS) is 10.9. The van der Waals surface area contributed by atoms with Gasteiger partial charge in [0.05, 0.1) is 18.4 Å². The van der Waals surface area contributed by atoms with Gasteiger partial charge in [0, 0.05) is 32.7 Å². The van der Waals surface area contributed by atoms with Crippen LogP contribution < -0.4 is 15.8 Å². The Morgan fingerprint density at radius 1 is 1.39 bits per heavy atom. The van der Waals surface area contributed by atoms with Crippen LogP contribution in [0.25, 0.3) is 0 Å². The first-order valence-corrected chi connectivity index (χ1v) is 6.56. The summed E-state index contributed by atoms with van der Waals surface area (Å²) in [6.07, 6.45) is 3.94. The van der Waals surface area contributed by atoms with Gasteiger partial charge in [-0.2, -0.15) is 5.10 Å². The van der Waals surface area contributed by atoms with Crippen molar-refractivity contribution < 1.29 is 0 Å². The van der Waals surface area contributed by atoms with Gasteiger partial charge in [0.15, 0.2) is 0 Å². The van der Waals surface area contributed by atoms with E-state index >= 15 is 0 Å². The topological polar surface area (TPSA) is 50.2 Å². The van der Waals surface area contributed by atoms with Crippen molar-refractivity contribution in [3.63, 3.8) is 0 Å². The Balaban J connectivity index is 2.56. The molecule has 0 unspecified atom stereocenters. The van der Waals surface area contributed by atoms with Gasteiger partial charge in [-0.05, 0) is 12.8 Å². The molecule has 0 aromatic carbocycles. The number of anilines is 1. The van der Waals surface area contributed by atoms with Crippen molar-refractivity contribution in [1.82, 2.24) is 15.1 Å². The number of hydrogen-bond donors (Lipinski definition) is 1. The van der Waals surface area contributed by atoms with Gasteiger partial charge < -0.3 is 10.2 Å². The van der Waals surface area contributed by atoms with E-state index in [0.29, 0.717) is 12.6 Å². The average molecular weight is 252 g/mol. The summed E-state index contributed by atoms with van der Waals surface area (Å²) in [6.45, 7) is 5.72. The third-order valence-electron chi connectivity index (χ3n) is 3.11. The van der Waals surface area contributed by atoms with E-state index in [4.69, 9.17) is 0 Å². The molecule has 0 aliphatic rings. The molecule has 0 saturated heterocycles. The maximum Gasteiger partial charge on any atom is 0.268 e. The largest absolute Gasteiger partial charge is 0.376 e. The van der Waals surface area contributed by atoms with Crippen LogP contribution in [-0.4, -0.2) is 36.5 Å². The van der Waals surface area contributed by atoms with Crippen LogP contribution in [0.5, 0.6) is 0 Å². The zero-order valence-corrected chi connectivity index (χ0v) is 11.8. The van der Waals surface area contributed by atoms with Crippen molar-refractivity contribution in [2.45, 2.75) is 39.3 Å². The molecule has 0 fully saturated rings. The van der Waals surface area contributed by atoms with Gasteiger partial charge in [0.2, 0.25) is 0 Å². The lowest BCUT2D eigenvalue weighted by Gasteiger charge is -2.15. The maximum atomic E-state index is 11.8. The molecule has 102 valence electrons. The highest BCUT2D eigenvalue weighted by Crippen LogP contribution is 2.03. The summed E-state index contributed by atoms with van der Waals surface area (Å²) in [4.78, 5) is 13.7. The predicted molar refractivity (Wildman–Crippen MR) is 75.2 cm³/mol. The van der Waals surface area contributed by atoms with Gasteiger partial charge in [-0.3, -0.25) is 4.79 Å². The van der Waals surface area contributed by atoms with Crippen LogP contribution in [0.3, 0.4) is 0 Å². The van der Waals surface area contributed by atoms with Crippen molar-refractivity contribution in [1.29, 1.82) is 0 Å². The summed E-state index contributed by atoms with van der Waals surface area (Å²) in [6, 6.07) is 2.14. The molecule has 0 atom stereocenters. The Hall–Kier alpha value is -1.36. The van der Waals surface area contributed by atoms with E-state index in [1.54, 1.807) is 12.3 Å². The molecule has 0 bridgehead atoms. The lowest BCUT2D eigenvalue weighted by molar-refractivity contribution is 0.447. The third kappa shape index (κ3) is 4.14. The lowest BCUT2D eigenvalue weighted by atomic mass is 10.2. The van der Waals surface area contributed by atoms with E-state index in [2.05, 4.69) is 24.3 Å². The molecule has 0 aliphatic carbocycles. The zero-order valence-electron chi connectivity index (χ0n) is 11.8. The molecule has 1 heterocycles.